The van der Waals surface area contributed by atoms with E-state index in [9.17, 15) is 9.59 Å². The molecule has 0 saturated heterocycles. The van der Waals surface area contributed by atoms with Crippen molar-refractivity contribution in [3.8, 4) is 17.2 Å². The molecular weight excluding hydrogens is 340 g/mol. The highest BCUT2D eigenvalue weighted by Crippen LogP contribution is 2.39. The maximum Gasteiger partial charge on any atom is 0.363 e. The summed E-state index contributed by atoms with van der Waals surface area (Å²) in [6.07, 6.45) is 1.56. The molecule has 0 saturated carbocycles. The number of primary amides is 1. The van der Waals surface area contributed by atoms with Gasteiger partial charge in [0.15, 0.2) is 23.8 Å². The highest BCUT2D eigenvalue weighted by molar-refractivity contribution is 6.08. The fourth-order valence-corrected chi connectivity index (χ4v) is 2.16. The van der Waals surface area contributed by atoms with Crippen LogP contribution in [0, 0.1) is 5.41 Å². The number of ether oxygens (including phenoxy) is 4. The third-order valence-electron chi connectivity index (χ3n) is 3.41. The lowest BCUT2D eigenvalue weighted by atomic mass is 9.97. The lowest BCUT2D eigenvalue weighted by Gasteiger charge is -2.15. The first-order chi connectivity index (χ1) is 12.2. The Morgan fingerprint density at radius 1 is 1.23 bits per heavy atom. The van der Waals surface area contributed by atoms with E-state index in [1.807, 2.05) is 20.8 Å². The van der Waals surface area contributed by atoms with Gasteiger partial charge < -0.3 is 24.7 Å². The van der Waals surface area contributed by atoms with Crippen molar-refractivity contribution in [2.75, 3.05) is 20.8 Å². The van der Waals surface area contributed by atoms with Gasteiger partial charge in [0, 0.05) is 5.41 Å². The number of hydrogen-bond acceptors (Lipinski definition) is 7. The number of carbonyl (C=O) groups excluding carboxylic acids is 2. The number of amides is 1. The second-order valence-corrected chi connectivity index (χ2v) is 6.60. The fraction of sp³-hybridized carbons (Fsp3) is 0.389. The van der Waals surface area contributed by atoms with Crippen LogP contribution >= 0.6 is 0 Å². The molecule has 0 unspecified atom stereocenters. The number of rotatable bonds is 6. The summed E-state index contributed by atoms with van der Waals surface area (Å²) in [6, 6.07) is 3.26. The van der Waals surface area contributed by atoms with Crippen LogP contribution in [0.15, 0.2) is 22.8 Å². The monoisotopic (exact) mass is 362 g/mol. The van der Waals surface area contributed by atoms with E-state index in [-0.39, 0.29) is 23.5 Å². The number of cyclic esters (lactones) is 1. The molecule has 26 heavy (non-hydrogen) atoms. The average molecular weight is 362 g/mol. The summed E-state index contributed by atoms with van der Waals surface area (Å²) >= 11 is 0. The summed E-state index contributed by atoms with van der Waals surface area (Å²) in [4.78, 5) is 27.3. The summed E-state index contributed by atoms with van der Waals surface area (Å²) in [5.41, 5.74) is 5.49. The van der Waals surface area contributed by atoms with E-state index in [4.69, 9.17) is 24.7 Å². The van der Waals surface area contributed by atoms with E-state index < -0.39 is 11.9 Å². The highest BCUT2D eigenvalue weighted by Gasteiger charge is 2.31. The fourth-order valence-electron chi connectivity index (χ4n) is 2.16. The Morgan fingerprint density at radius 2 is 1.81 bits per heavy atom. The molecule has 0 spiro atoms. The Bertz CT molecular complexity index is 764. The van der Waals surface area contributed by atoms with Crippen LogP contribution in [0.2, 0.25) is 0 Å². The second-order valence-electron chi connectivity index (χ2n) is 6.60. The number of esters is 1. The van der Waals surface area contributed by atoms with Crippen molar-refractivity contribution < 1.29 is 28.5 Å². The number of nitrogens with two attached hydrogens (primary N) is 1. The minimum atomic E-state index is -0.627. The summed E-state index contributed by atoms with van der Waals surface area (Å²) < 4.78 is 21.1. The van der Waals surface area contributed by atoms with Crippen LogP contribution in [0.5, 0.6) is 17.2 Å². The highest BCUT2D eigenvalue weighted by atomic mass is 16.6. The summed E-state index contributed by atoms with van der Waals surface area (Å²) in [5.74, 6) is 0.0885. The Morgan fingerprint density at radius 3 is 2.23 bits per heavy atom. The van der Waals surface area contributed by atoms with Crippen molar-refractivity contribution in [3.63, 3.8) is 0 Å². The molecule has 2 rings (SSSR count). The molecule has 1 aliphatic rings. The molecule has 1 aromatic rings. The Hall–Kier alpha value is -3.03. The first kappa shape index (κ1) is 19.3. The summed E-state index contributed by atoms with van der Waals surface area (Å²) in [5, 5.41) is 0. The van der Waals surface area contributed by atoms with Crippen LogP contribution in [0.25, 0.3) is 6.08 Å². The minimum absolute atomic E-state index is 0.171. The number of carbonyl (C=O) groups is 2. The molecule has 0 radical (unpaired) electrons. The maximum absolute atomic E-state index is 12.0. The molecule has 1 amide bonds. The molecule has 0 fully saturated rings. The van der Waals surface area contributed by atoms with Crippen molar-refractivity contribution >= 4 is 23.9 Å². The molecule has 2 N–H and O–H groups in total. The van der Waals surface area contributed by atoms with Gasteiger partial charge in [-0.15, -0.1) is 0 Å². The van der Waals surface area contributed by atoms with Crippen LogP contribution in [-0.4, -0.2) is 38.6 Å². The van der Waals surface area contributed by atoms with E-state index in [2.05, 4.69) is 4.99 Å². The Balaban J connectivity index is 2.43. The molecule has 8 nitrogen and oxygen atoms in total. The molecule has 0 aliphatic carbocycles. The van der Waals surface area contributed by atoms with Gasteiger partial charge in [0.05, 0.1) is 14.2 Å². The van der Waals surface area contributed by atoms with Gasteiger partial charge in [-0.05, 0) is 23.8 Å². The van der Waals surface area contributed by atoms with Gasteiger partial charge in [-0.1, -0.05) is 20.8 Å². The molecule has 0 bridgehead atoms. The molecule has 140 valence electrons. The van der Waals surface area contributed by atoms with Gasteiger partial charge >= 0.3 is 5.97 Å². The van der Waals surface area contributed by atoms with E-state index >= 15 is 0 Å². The van der Waals surface area contributed by atoms with E-state index in [0.717, 1.165) is 0 Å². The zero-order valence-electron chi connectivity index (χ0n) is 15.4. The quantitative estimate of drug-likeness (QED) is 0.611. The van der Waals surface area contributed by atoms with Gasteiger partial charge in [0.2, 0.25) is 11.6 Å². The van der Waals surface area contributed by atoms with Crippen LogP contribution in [0.4, 0.5) is 0 Å². The second kappa shape index (κ2) is 7.47. The van der Waals surface area contributed by atoms with Gasteiger partial charge in [-0.25, -0.2) is 9.79 Å². The standard InChI is InChI=1S/C18H22N2O6/c1-18(2,3)17-20-11(16(22)26-17)6-10-7-12(23-4)15(13(8-10)24-5)25-9-14(19)21/h6-8H,9H2,1-5H3,(H2,19,21)/b11-6+. The lowest BCUT2D eigenvalue weighted by molar-refractivity contribution is -0.130. The van der Waals surface area contributed by atoms with E-state index in [0.29, 0.717) is 23.0 Å². The van der Waals surface area contributed by atoms with E-state index in [1.165, 1.54) is 14.2 Å². The molecule has 1 aromatic carbocycles. The SMILES string of the molecule is COc1cc(/C=C2/N=C(C(C)(C)C)OC2=O)cc(OC)c1OCC(N)=O. The normalized spacial score (nSPS) is 15.5. The predicted molar refractivity (Wildman–Crippen MR) is 95.2 cm³/mol. The average Bonchev–Trinajstić information content (AvgIpc) is 2.93. The molecule has 1 heterocycles. The minimum Gasteiger partial charge on any atom is -0.493 e. The van der Waals surface area contributed by atoms with Crippen LogP contribution < -0.4 is 19.9 Å². The molecular formula is C18H22N2O6. The van der Waals surface area contributed by atoms with E-state index in [1.54, 1.807) is 18.2 Å². The van der Waals surface area contributed by atoms with Crippen molar-refractivity contribution in [1.82, 2.24) is 0 Å². The van der Waals surface area contributed by atoms with Gasteiger partial charge in [0.25, 0.3) is 5.91 Å². The number of nitrogens with zero attached hydrogens (tertiary/aromatic N) is 1. The Labute approximate surface area is 151 Å². The third kappa shape index (κ3) is 4.33. The topological polar surface area (TPSA) is 109 Å². The van der Waals surface area contributed by atoms with Crippen molar-refractivity contribution in [2.45, 2.75) is 20.8 Å². The van der Waals surface area contributed by atoms with Crippen LogP contribution in [0.3, 0.4) is 0 Å². The number of hydrogen-bond donors (Lipinski definition) is 1. The molecule has 1 aliphatic heterocycles. The lowest BCUT2D eigenvalue weighted by Crippen LogP contribution is -2.21. The molecule has 8 heteroatoms. The van der Waals surface area contributed by atoms with Crippen LogP contribution in [0.1, 0.15) is 26.3 Å². The van der Waals surface area contributed by atoms with Gasteiger partial charge in [0.1, 0.15) is 0 Å². The van der Waals surface area contributed by atoms with Gasteiger partial charge in [-0.3, -0.25) is 4.79 Å². The van der Waals surface area contributed by atoms with Crippen molar-refractivity contribution in [1.29, 1.82) is 0 Å². The number of benzene rings is 1. The number of aliphatic imine (C=N–C) groups is 1. The van der Waals surface area contributed by atoms with Crippen LogP contribution in [-0.2, 0) is 14.3 Å². The third-order valence-corrected chi connectivity index (χ3v) is 3.41. The van der Waals surface area contributed by atoms with Crippen molar-refractivity contribution in [2.24, 2.45) is 16.1 Å². The largest absolute Gasteiger partial charge is 0.493 e. The summed E-state index contributed by atoms with van der Waals surface area (Å²) in [7, 11) is 2.89. The zero-order valence-corrected chi connectivity index (χ0v) is 15.4. The van der Waals surface area contributed by atoms with Gasteiger partial charge in [-0.2, -0.15) is 0 Å². The zero-order chi connectivity index (χ0) is 19.5. The van der Waals surface area contributed by atoms with Crippen molar-refractivity contribution in [3.05, 3.63) is 23.4 Å². The number of methoxy groups -OCH3 is 2. The summed E-state index contributed by atoms with van der Waals surface area (Å²) in [6.45, 7) is 5.38. The first-order valence-corrected chi connectivity index (χ1v) is 7.86. The molecule has 0 atom stereocenters. The maximum atomic E-state index is 12.0. The smallest absolute Gasteiger partial charge is 0.363 e. The Kier molecular flexibility index (Phi) is 5.54. The molecule has 0 aromatic heterocycles. The predicted octanol–water partition coefficient (Wildman–Crippen LogP) is 1.91. The first-order valence-electron chi connectivity index (χ1n) is 7.86.